The van der Waals surface area contributed by atoms with Crippen molar-refractivity contribution < 1.29 is 14.4 Å². The van der Waals surface area contributed by atoms with Crippen LogP contribution in [0.15, 0.2) is 23.0 Å². The van der Waals surface area contributed by atoms with Crippen LogP contribution in [0, 0.1) is 19.8 Å². The molecule has 0 bridgehead atoms. The third-order valence-corrected chi connectivity index (χ3v) is 4.98. The number of aryl methyl sites for hydroxylation is 3. The number of rotatable bonds is 4. The Morgan fingerprint density at radius 1 is 1.42 bits per heavy atom. The molecule has 0 aliphatic heterocycles. The number of fused-ring (bicyclic) bond motifs is 1. The van der Waals surface area contributed by atoms with Crippen LogP contribution in [0.25, 0.3) is 11.1 Å². The topological polar surface area (TPSA) is 106 Å². The molecule has 3 aromatic heterocycles. The van der Waals surface area contributed by atoms with Crippen molar-refractivity contribution in [2.24, 2.45) is 13.0 Å². The standard InChI is InChI=1S/C18H21N5O3/c1-9-4-14(15-10(2)22-26-18(15)20-9)17(25)21-16(11-5-13(24)6-11)12-7-19-23(3)8-12/h4,7-8,11,13,16,24H,5-6H2,1-3H3,(H,21,25)/t11?,13?,16-/m0/s1. The van der Waals surface area contributed by atoms with Gasteiger partial charge < -0.3 is 14.9 Å². The van der Waals surface area contributed by atoms with Crippen molar-refractivity contribution in [2.45, 2.75) is 38.8 Å². The minimum Gasteiger partial charge on any atom is -0.393 e. The molecule has 1 amide bonds. The first-order valence-corrected chi connectivity index (χ1v) is 8.63. The van der Waals surface area contributed by atoms with E-state index in [-0.39, 0.29) is 24.0 Å². The van der Waals surface area contributed by atoms with Crippen molar-refractivity contribution >= 4 is 17.0 Å². The number of aliphatic hydroxyl groups is 1. The van der Waals surface area contributed by atoms with Gasteiger partial charge in [-0.15, -0.1) is 0 Å². The van der Waals surface area contributed by atoms with E-state index < -0.39 is 0 Å². The van der Waals surface area contributed by atoms with Crippen LogP contribution in [0.1, 0.15) is 46.2 Å². The van der Waals surface area contributed by atoms with Gasteiger partial charge in [-0.05, 0) is 38.7 Å². The molecule has 1 aliphatic rings. The van der Waals surface area contributed by atoms with E-state index in [0.29, 0.717) is 40.9 Å². The average molecular weight is 355 g/mol. The summed E-state index contributed by atoms with van der Waals surface area (Å²) in [6.07, 6.45) is 4.68. The van der Waals surface area contributed by atoms with Crippen molar-refractivity contribution in [3.05, 3.63) is 41.0 Å². The van der Waals surface area contributed by atoms with Gasteiger partial charge in [0.15, 0.2) is 0 Å². The summed E-state index contributed by atoms with van der Waals surface area (Å²) in [5.41, 5.74) is 3.12. The van der Waals surface area contributed by atoms with Gasteiger partial charge in [0.25, 0.3) is 11.6 Å². The largest absolute Gasteiger partial charge is 0.393 e. The zero-order valence-electron chi connectivity index (χ0n) is 14.9. The van der Waals surface area contributed by atoms with E-state index in [1.807, 2.05) is 20.2 Å². The minimum atomic E-state index is -0.300. The van der Waals surface area contributed by atoms with Gasteiger partial charge in [-0.25, -0.2) is 4.98 Å². The molecule has 8 nitrogen and oxygen atoms in total. The van der Waals surface area contributed by atoms with Crippen LogP contribution >= 0.6 is 0 Å². The number of aliphatic hydroxyl groups excluding tert-OH is 1. The Morgan fingerprint density at radius 2 is 2.19 bits per heavy atom. The fourth-order valence-electron chi connectivity index (χ4n) is 3.59. The van der Waals surface area contributed by atoms with Crippen molar-refractivity contribution in [3.63, 3.8) is 0 Å². The maximum Gasteiger partial charge on any atom is 0.258 e. The fourth-order valence-corrected chi connectivity index (χ4v) is 3.59. The molecule has 1 fully saturated rings. The smallest absolute Gasteiger partial charge is 0.258 e. The first-order chi connectivity index (χ1) is 12.4. The molecule has 3 heterocycles. The van der Waals surface area contributed by atoms with Gasteiger partial charge in [-0.2, -0.15) is 5.10 Å². The molecular formula is C18H21N5O3. The van der Waals surface area contributed by atoms with E-state index in [1.165, 1.54) is 0 Å². The van der Waals surface area contributed by atoms with E-state index in [9.17, 15) is 9.90 Å². The van der Waals surface area contributed by atoms with Gasteiger partial charge in [0, 0.05) is 24.5 Å². The van der Waals surface area contributed by atoms with E-state index >= 15 is 0 Å². The third-order valence-electron chi connectivity index (χ3n) is 4.98. The molecule has 4 rings (SSSR count). The van der Waals surface area contributed by atoms with Crippen LogP contribution in [0.3, 0.4) is 0 Å². The van der Waals surface area contributed by atoms with Crippen molar-refractivity contribution in [3.8, 4) is 0 Å². The Bertz CT molecular complexity index is 971. The first kappa shape index (κ1) is 16.7. The van der Waals surface area contributed by atoms with E-state index in [4.69, 9.17) is 4.52 Å². The molecule has 26 heavy (non-hydrogen) atoms. The van der Waals surface area contributed by atoms with Crippen LogP contribution in [0.2, 0.25) is 0 Å². The Kier molecular flexibility index (Phi) is 3.99. The molecule has 0 unspecified atom stereocenters. The van der Waals surface area contributed by atoms with Gasteiger partial charge >= 0.3 is 0 Å². The second-order valence-electron chi connectivity index (χ2n) is 7.04. The summed E-state index contributed by atoms with van der Waals surface area (Å²) in [6.45, 7) is 3.61. The number of nitrogens with one attached hydrogen (secondary N) is 1. The molecule has 3 aromatic rings. The lowest BCUT2D eigenvalue weighted by Gasteiger charge is -2.37. The number of aromatic nitrogens is 4. The molecule has 1 aliphatic carbocycles. The lowest BCUT2D eigenvalue weighted by atomic mass is 9.75. The molecule has 2 N–H and O–H groups in total. The Balaban J connectivity index is 1.68. The normalized spacial score (nSPS) is 20.8. The monoisotopic (exact) mass is 355 g/mol. The molecular weight excluding hydrogens is 334 g/mol. The summed E-state index contributed by atoms with van der Waals surface area (Å²) in [5.74, 6) is -0.0258. The van der Waals surface area contributed by atoms with Crippen LogP contribution in [0.5, 0.6) is 0 Å². The molecule has 8 heteroatoms. The molecule has 1 atom stereocenters. The van der Waals surface area contributed by atoms with Gasteiger partial charge in [-0.3, -0.25) is 9.48 Å². The summed E-state index contributed by atoms with van der Waals surface area (Å²) in [5, 5.41) is 21.6. The fraction of sp³-hybridized carbons (Fsp3) is 0.444. The number of nitrogens with zero attached hydrogens (tertiary/aromatic N) is 4. The summed E-state index contributed by atoms with van der Waals surface area (Å²) < 4.78 is 6.93. The Morgan fingerprint density at radius 3 is 2.85 bits per heavy atom. The third kappa shape index (κ3) is 2.86. The number of carbonyl (C=O) groups is 1. The first-order valence-electron chi connectivity index (χ1n) is 8.63. The Hall–Kier alpha value is -2.74. The van der Waals surface area contributed by atoms with Crippen molar-refractivity contribution in [2.75, 3.05) is 0 Å². The highest BCUT2D eigenvalue weighted by Gasteiger charge is 2.36. The van der Waals surface area contributed by atoms with Gasteiger partial charge in [0.2, 0.25) is 0 Å². The van der Waals surface area contributed by atoms with E-state index in [0.717, 1.165) is 5.56 Å². The van der Waals surface area contributed by atoms with Crippen LogP contribution in [0.4, 0.5) is 0 Å². The predicted molar refractivity (Wildman–Crippen MR) is 93.4 cm³/mol. The molecule has 0 saturated heterocycles. The zero-order valence-corrected chi connectivity index (χ0v) is 14.9. The number of hydrogen-bond acceptors (Lipinski definition) is 6. The maximum atomic E-state index is 13.1. The summed E-state index contributed by atoms with van der Waals surface area (Å²) in [7, 11) is 1.84. The maximum absolute atomic E-state index is 13.1. The molecule has 0 aromatic carbocycles. The van der Waals surface area contributed by atoms with Crippen LogP contribution in [-0.2, 0) is 7.05 Å². The summed E-state index contributed by atoms with van der Waals surface area (Å²) in [6, 6.07) is 1.54. The SMILES string of the molecule is Cc1cc(C(=O)N[C@H](c2cnn(C)c2)C2CC(O)C2)c2c(C)noc2n1. The highest BCUT2D eigenvalue weighted by Crippen LogP contribution is 2.38. The van der Waals surface area contributed by atoms with Gasteiger partial charge in [-0.1, -0.05) is 5.16 Å². The highest BCUT2D eigenvalue weighted by molar-refractivity contribution is 6.06. The lowest BCUT2D eigenvalue weighted by Crippen LogP contribution is -2.41. The van der Waals surface area contributed by atoms with Crippen molar-refractivity contribution in [1.29, 1.82) is 0 Å². The molecule has 1 saturated carbocycles. The molecule has 0 spiro atoms. The molecule has 136 valence electrons. The van der Waals surface area contributed by atoms with Crippen LogP contribution < -0.4 is 5.32 Å². The minimum absolute atomic E-state index is 0.181. The van der Waals surface area contributed by atoms with Crippen molar-refractivity contribution in [1.82, 2.24) is 25.2 Å². The summed E-state index contributed by atoms with van der Waals surface area (Å²) >= 11 is 0. The van der Waals surface area contributed by atoms with Gasteiger partial charge in [0.05, 0.1) is 35.0 Å². The summed E-state index contributed by atoms with van der Waals surface area (Å²) in [4.78, 5) is 17.4. The zero-order chi connectivity index (χ0) is 18.4. The second kappa shape index (κ2) is 6.21. The second-order valence-corrected chi connectivity index (χ2v) is 7.04. The average Bonchev–Trinajstić information content (AvgIpc) is 3.15. The lowest BCUT2D eigenvalue weighted by molar-refractivity contribution is 0.0235. The quantitative estimate of drug-likeness (QED) is 0.739. The predicted octanol–water partition coefficient (Wildman–Crippen LogP) is 1.82. The van der Waals surface area contributed by atoms with E-state index in [1.54, 1.807) is 23.9 Å². The van der Waals surface area contributed by atoms with Crippen LogP contribution in [-0.4, -0.2) is 37.0 Å². The number of pyridine rings is 1. The van der Waals surface area contributed by atoms with Gasteiger partial charge in [0.1, 0.15) is 0 Å². The number of carbonyl (C=O) groups excluding carboxylic acids is 1. The Labute approximate surface area is 150 Å². The molecule has 0 radical (unpaired) electrons. The highest BCUT2D eigenvalue weighted by atomic mass is 16.5. The van der Waals surface area contributed by atoms with E-state index in [2.05, 4.69) is 20.6 Å². The number of hydrogen-bond donors (Lipinski definition) is 2. The number of amides is 1.